The van der Waals surface area contributed by atoms with Gasteiger partial charge in [0, 0.05) is 24.1 Å². The normalized spacial score (nSPS) is 22.6. The van der Waals surface area contributed by atoms with Crippen molar-refractivity contribution in [2.24, 2.45) is 5.92 Å². The van der Waals surface area contributed by atoms with E-state index in [1.54, 1.807) is 6.92 Å². The zero-order valence-corrected chi connectivity index (χ0v) is 20.9. The zero-order valence-electron chi connectivity index (χ0n) is 20.9. The first-order chi connectivity index (χ1) is 15.9. The minimum absolute atomic E-state index is 0.0775. The molecule has 3 N–H and O–H groups in total. The third-order valence-electron chi connectivity index (χ3n) is 6.91. The van der Waals surface area contributed by atoms with Gasteiger partial charge in [-0.2, -0.15) is 0 Å². The van der Waals surface area contributed by atoms with Crippen LogP contribution in [0.2, 0.25) is 0 Å². The summed E-state index contributed by atoms with van der Waals surface area (Å²) in [7, 11) is 0. The number of nitrogens with zero attached hydrogens (tertiary/aromatic N) is 1. The molecule has 0 radical (unpaired) electrons. The molecule has 0 fully saturated rings. The molecule has 34 heavy (non-hydrogen) atoms. The molecule has 1 aromatic rings. The standard InChI is InChI=1S/C27H37NO6/c1-16(2)8-6-9-17(3)10-7-11-27(5)23(30)13-20-22(29)12-19-21(24(20)34-27)15-28(25(19)31)14-18(4)26(32)33/h8,10,12,18,23,29-30H,6-7,9,11,13-15H2,1-5H3,(H,32,33)/b17-10+. The molecule has 1 amide bonds. The predicted octanol–water partition coefficient (Wildman–Crippen LogP) is 4.60. The lowest BCUT2D eigenvalue weighted by Gasteiger charge is -2.40. The van der Waals surface area contributed by atoms with Crippen molar-refractivity contribution in [2.75, 3.05) is 6.54 Å². The second kappa shape index (κ2) is 10.2. The number of phenols is 1. The van der Waals surface area contributed by atoms with Gasteiger partial charge in [-0.3, -0.25) is 9.59 Å². The van der Waals surface area contributed by atoms with E-state index in [1.165, 1.54) is 22.1 Å². The van der Waals surface area contributed by atoms with Crippen molar-refractivity contribution >= 4 is 11.9 Å². The van der Waals surface area contributed by atoms with Gasteiger partial charge < -0.3 is 25.0 Å². The molecule has 2 heterocycles. The molecule has 7 heteroatoms. The van der Waals surface area contributed by atoms with Crippen LogP contribution in [-0.4, -0.2) is 50.3 Å². The highest BCUT2D eigenvalue weighted by molar-refractivity contribution is 6.00. The number of aliphatic hydroxyl groups excluding tert-OH is 1. The number of carboxylic acids is 1. The Morgan fingerprint density at radius 3 is 2.62 bits per heavy atom. The molecule has 1 aromatic carbocycles. The number of benzene rings is 1. The number of rotatable bonds is 9. The fraction of sp³-hybridized carbons (Fsp3) is 0.556. The van der Waals surface area contributed by atoms with Gasteiger partial charge in [0.05, 0.1) is 24.1 Å². The van der Waals surface area contributed by atoms with Crippen LogP contribution in [0.5, 0.6) is 11.5 Å². The summed E-state index contributed by atoms with van der Waals surface area (Å²) in [6, 6.07) is 1.42. The van der Waals surface area contributed by atoms with E-state index >= 15 is 0 Å². The van der Waals surface area contributed by atoms with Crippen LogP contribution in [0.25, 0.3) is 0 Å². The predicted molar refractivity (Wildman–Crippen MR) is 130 cm³/mol. The highest BCUT2D eigenvalue weighted by Crippen LogP contribution is 2.46. The number of amides is 1. The maximum Gasteiger partial charge on any atom is 0.308 e. The summed E-state index contributed by atoms with van der Waals surface area (Å²) >= 11 is 0. The smallest absolute Gasteiger partial charge is 0.308 e. The number of carbonyl (C=O) groups excluding carboxylic acids is 1. The molecule has 186 valence electrons. The van der Waals surface area contributed by atoms with Crippen LogP contribution in [0.1, 0.15) is 81.8 Å². The monoisotopic (exact) mass is 471 g/mol. The van der Waals surface area contributed by atoms with Gasteiger partial charge in [-0.1, -0.05) is 30.2 Å². The number of aliphatic carboxylic acids is 1. The molecule has 0 spiro atoms. The lowest BCUT2D eigenvalue weighted by Crippen LogP contribution is -2.49. The number of allylic oxidation sites excluding steroid dienone is 4. The largest absolute Gasteiger partial charge is 0.508 e. The van der Waals surface area contributed by atoms with Crippen LogP contribution in [0.15, 0.2) is 29.4 Å². The minimum atomic E-state index is -0.968. The van der Waals surface area contributed by atoms with Gasteiger partial charge in [0.1, 0.15) is 17.1 Å². The highest BCUT2D eigenvalue weighted by atomic mass is 16.5. The number of aliphatic hydroxyl groups is 1. The van der Waals surface area contributed by atoms with E-state index < -0.39 is 23.6 Å². The van der Waals surface area contributed by atoms with Gasteiger partial charge in [-0.05, 0) is 59.4 Å². The Kier molecular flexibility index (Phi) is 7.76. The van der Waals surface area contributed by atoms with Gasteiger partial charge in [-0.25, -0.2) is 0 Å². The zero-order chi connectivity index (χ0) is 25.2. The van der Waals surface area contributed by atoms with Gasteiger partial charge in [0.25, 0.3) is 5.91 Å². The molecule has 0 aromatic heterocycles. The molecular weight excluding hydrogens is 434 g/mol. The highest BCUT2D eigenvalue weighted by Gasteiger charge is 2.44. The average molecular weight is 472 g/mol. The lowest BCUT2D eigenvalue weighted by molar-refractivity contribution is -0.141. The van der Waals surface area contributed by atoms with Crippen molar-refractivity contribution in [1.82, 2.24) is 4.90 Å². The van der Waals surface area contributed by atoms with Crippen LogP contribution in [0, 0.1) is 5.92 Å². The number of carbonyl (C=O) groups is 2. The molecule has 2 aliphatic heterocycles. The van der Waals surface area contributed by atoms with Crippen molar-refractivity contribution in [1.29, 1.82) is 0 Å². The summed E-state index contributed by atoms with van der Waals surface area (Å²) in [4.78, 5) is 25.7. The number of fused-ring (bicyclic) bond motifs is 3. The van der Waals surface area contributed by atoms with Gasteiger partial charge >= 0.3 is 5.97 Å². The van der Waals surface area contributed by atoms with Crippen molar-refractivity contribution in [3.63, 3.8) is 0 Å². The molecule has 0 aliphatic carbocycles. The summed E-state index contributed by atoms with van der Waals surface area (Å²) in [6.07, 6.45) is 7.15. The van der Waals surface area contributed by atoms with Crippen LogP contribution in [-0.2, 0) is 17.8 Å². The lowest BCUT2D eigenvalue weighted by atomic mass is 9.84. The minimum Gasteiger partial charge on any atom is -0.508 e. The van der Waals surface area contributed by atoms with Gasteiger partial charge in [-0.15, -0.1) is 0 Å². The van der Waals surface area contributed by atoms with E-state index in [0.29, 0.717) is 28.9 Å². The summed E-state index contributed by atoms with van der Waals surface area (Å²) < 4.78 is 6.35. The van der Waals surface area contributed by atoms with Crippen molar-refractivity contribution < 1.29 is 29.6 Å². The van der Waals surface area contributed by atoms with E-state index in [2.05, 4.69) is 32.9 Å². The number of hydrogen-bond acceptors (Lipinski definition) is 5. The second-order valence-electron chi connectivity index (χ2n) is 10.2. The maximum atomic E-state index is 12.9. The number of ether oxygens (including phenoxy) is 1. The molecule has 0 saturated carbocycles. The molecular formula is C27H37NO6. The van der Waals surface area contributed by atoms with E-state index in [-0.39, 0.29) is 31.2 Å². The van der Waals surface area contributed by atoms with Crippen molar-refractivity contribution in [3.8, 4) is 11.5 Å². The molecule has 0 saturated heterocycles. The Hall–Kier alpha value is -2.80. The maximum absolute atomic E-state index is 12.9. The number of aromatic hydroxyl groups is 1. The van der Waals surface area contributed by atoms with E-state index in [1.807, 2.05) is 6.92 Å². The first kappa shape index (κ1) is 25.8. The number of carboxylic acid groups (broad SMARTS) is 1. The molecule has 3 rings (SSSR count). The Morgan fingerprint density at radius 2 is 1.97 bits per heavy atom. The Bertz CT molecular complexity index is 1020. The summed E-state index contributed by atoms with van der Waals surface area (Å²) in [5.41, 5.74) is 3.22. The first-order valence-corrected chi connectivity index (χ1v) is 12.0. The van der Waals surface area contributed by atoms with Crippen LogP contribution >= 0.6 is 0 Å². The third-order valence-corrected chi connectivity index (χ3v) is 6.91. The second-order valence-corrected chi connectivity index (χ2v) is 10.2. The summed E-state index contributed by atoms with van der Waals surface area (Å²) in [5, 5.41) is 30.7. The Labute approximate surface area is 201 Å². The molecule has 7 nitrogen and oxygen atoms in total. The van der Waals surface area contributed by atoms with Gasteiger partial charge in [0.2, 0.25) is 0 Å². The van der Waals surface area contributed by atoms with E-state index in [9.17, 15) is 24.9 Å². The van der Waals surface area contributed by atoms with Crippen molar-refractivity contribution in [3.05, 3.63) is 46.1 Å². The Morgan fingerprint density at radius 1 is 1.26 bits per heavy atom. The Balaban J connectivity index is 1.78. The quantitative estimate of drug-likeness (QED) is 0.455. The molecule has 0 bridgehead atoms. The molecule has 2 aliphatic rings. The number of hydrogen-bond donors (Lipinski definition) is 3. The average Bonchev–Trinajstić information content (AvgIpc) is 3.05. The summed E-state index contributed by atoms with van der Waals surface area (Å²) in [6.45, 7) is 10.0. The van der Waals surface area contributed by atoms with Crippen LogP contribution in [0.3, 0.4) is 0 Å². The fourth-order valence-electron chi connectivity index (χ4n) is 4.61. The molecule has 3 unspecified atom stereocenters. The summed E-state index contributed by atoms with van der Waals surface area (Å²) in [5.74, 6) is -1.61. The topological polar surface area (TPSA) is 107 Å². The fourth-order valence-corrected chi connectivity index (χ4v) is 4.61. The molecule has 3 atom stereocenters. The third kappa shape index (κ3) is 5.46. The van der Waals surface area contributed by atoms with E-state index in [4.69, 9.17) is 4.74 Å². The van der Waals surface area contributed by atoms with Crippen LogP contribution in [0.4, 0.5) is 0 Å². The van der Waals surface area contributed by atoms with Crippen LogP contribution < -0.4 is 4.74 Å². The number of phenolic OH excluding ortho intramolecular Hbond substituents is 1. The van der Waals surface area contributed by atoms with Gasteiger partial charge in [0.15, 0.2) is 0 Å². The van der Waals surface area contributed by atoms with Crippen molar-refractivity contribution in [2.45, 2.75) is 85.0 Å². The first-order valence-electron chi connectivity index (χ1n) is 12.0. The SMILES string of the molecule is CC(C)=CCC/C(C)=C/CCC1(C)Oc2c(c(O)cc3c2CN(CC(C)C(=O)O)C3=O)CC1O. The van der Waals surface area contributed by atoms with E-state index in [0.717, 1.165) is 19.3 Å².